The molecule has 1 fully saturated rings. The highest BCUT2D eigenvalue weighted by Gasteiger charge is 2.31. The summed E-state index contributed by atoms with van der Waals surface area (Å²) in [6, 6.07) is 7.35. The molecule has 1 heterocycles. The molecule has 1 aliphatic rings. The lowest BCUT2D eigenvalue weighted by Gasteiger charge is -2.34. The summed E-state index contributed by atoms with van der Waals surface area (Å²) in [4.78, 5) is 0.384. The van der Waals surface area contributed by atoms with Gasteiger partial charge in [0.1, 0.15) is 0 Å². The Morgan fingerprint density at radius 1 is 1.26 bits per heavy atom. The summed E-state index contributed by atoms with van der Waals surface area (Å²) in [5.41, 5.74) is 1.18. The van der Waals surface area contributed by atoms with Crippen molar-refractivity contribution in [3.05, 3.63) is 29.8 Å². The fourth-order valence-electron chi connectivity index (χ4n) is 2.16. The predicted octanol–water partition coefficient (Wildman–Crippen LogP) is 1.48. The molecule has 2 rings (SSSR count). The van der Waals surface area contributed by atoms with Crippen molar-refractivity contribution in [2.75, 3.05) is 20.1 Å². The van der Waals surface area contributed by atoms with Crippen LogP contribution >= 0.6 is 0 Å². The first-order chi connectivity index (χ1) is 8.91. The first-order valence-electron chi connectivity index (χ1n) is 6.69. The average molecular weight is 282 g/mol. The molecule has 0 atom stereocenters. The van der Waals surface area contributed by atoms with E-state index in [1.165, 1.54) is 9.87 Å². The van der Waals surface area contributed by atoms with E-state index in [-0.39, 0.29) is 6.04 Å². The van der Waals surface area contributed by atoms with Gasteiger partial charge in [-0.05, 0) is 30.0 Å². The SMILES string of the molecule is CC(C)Cc1ccc(S(=O)(=O)N(C)C2CNC2)cc1. The molecule has 0 aromatic heterocycles. The van der Waals surface area contributed by atoms with E-state index in [0.29, 0.717) is 10.8 Å². The van der Waals surface area contributed by atoms with Crippen molar-refractivity contribution in [2.45, 2.75) is 31.2 Å². The summed E-state index contributed by atoms with van der Waals surface area (Å²) in [5.74, 6) is 0.575. The maximum absolute atomic E-state index is 12.4. The predicted molar refractivity (Wildman–Crippen MR) is 76.6 cm³/mol. The van der Waals surface area contributed by atoms with E-state index in [1.54, 1.807) is 19.2 Å². The second-order valence-corrected chi connectivity index (χ2v) is 7.57. The number of sulfonamides is 1. The molecule has 4 nitrogen and oxygen atoms in total. The van der Waals surface area contributed by atoms with Crippen LogP contribution in [-0.4, -0.2) is 38.9 Å². The molecule has 19 heavy (non-hydrogen) atoms. The van der Waals surface area contributed by atoms with E-state index in [2.05, 4.69) is 19.2 Å². The summed E-state index contributed by atoms with van der Waals surface area (Å²) in [6.07, 6.45) is 0.975. The van der Waals surface area contributed by atoms with Gasteiger partial charge in [-0.25, -0.2) is 8.42 Å². The third-order valence-corrected chi connectivity index (χ3v) is 5.44. The first kappa shape index (κ1) is 14.5. The zero-order chi connectivity index (χ0) is 14.0. The summed E-state index contributed by atoms with van der Waals surface area (Å²) in [6.45, 7) is 5.78. The van der Waals surface area contributed by atoms with Gasteiger partial charge in [0.25, 0.3) is 0 Å². The molecule has 0 amide bonds. The number of nitrogens with zero attached hydrogens (tertiary/aromatic N) is 1. The van der Waals surface area contributed by atoms with Crippen molar-refractivity contribution in [3.63, 3.8) is 0 Å². The molecule has 0 spiro atoms. The van der Waals surface area contributed by atoms with Crippen molar-refractivity contribution in [1.29, 1.82) is 0 Å². The maximum atomic E-state index is 12.4. The van der Waals surface area contributed by atoms with E-state index in [0.717, 1.165) is 19.5 Å². The average Bonchev–Trinajstić information content (AvgIpc) is 2.26. The normalized spacial score (nSPS) is 16.9. The second-order valence-electron chi connectivity index (χ2n) is 5.58. The molecule has 1 aromatic rings. The van der Waals surface area contributed by atoms with Crippen molar-refractivity contribution in [3.8, 4) is 0 Å². The van der Waals surface area contributed by atoms with Crippen LogP contribution in [0.3, 0.4) is 0 Å². The Bertz CT molecular complexity index is 519. The molecule has 106 valence electrons. The second kappa shape index (κ2) is 5.61. The van der Waals surface area contributed by atoms with E-state index >= 15 is 0 Å². The van der Waals surface area contributed by atoms with Crippen LogP contribution in [0.25, 0.3) is 0 Å². The smallest absolute Gasteiger partial charge is 0.243 e. The van der Waals surface area contributed by atoms with Gasteiger partial charge in [0.15, 0.2) is 0 Å². The molecule has 5 heteroatoms. The summed E-state index contributed by atoms with van der Waals surface area (Å²) in [5, 5.41) is 3.09. The van der Waals surface area contributed by atoms with Crippen LogP contribution in [-0.2, 0) is 16.4 Å². The number of likely N-dealkylation sites (N-methyl/N-ethyl adjacent to an activating group) is 1. The van der Waals surface area contributed by atoms with Gasteiger partial charge < -0.3 is 5.32 Å². The summed E-state index contributed by atoms with van der Waals surface area (Å²) < 4.78 is 26.3. The lowest BCUT2D eigenvalue weighted by molar-refractivity contribution is 0.274. The molecular weight excluding hydrogens is 260 g/mol. The van der Waals surface area contributed by atoms with Gasteiger partial charge in [-0.1, -0.05) is 26.0 Å². The van der Waals surface area contributed by atoms with Crippen LogP contribution in [0.4, 0.5) is 0 Å². The Kier molecular flexibility index (Phi) is 4.28. The van der Waals surface area contributed by atoms with Gasteiger partial charge in [0.05, 0.1) is 4.90 Å². The number of hydrogen-bond acceptors (Lipinski definition) is 3. The maximum Gasteiger partial charge on any atom is 0.243 e. The van der Waals surface area contributed by atoms with Crippen LogP contribution in [0.1, 0.15) is 19.4 Å². The van der Waals surface area contributed by atoms with Gasteiger partial charge >= 0.3 is 0 Å². The lowest BCUT2D eigenvalue weighted by Crippen LogP contribution is -2.57. The van der Waals surface area contributed by atoms with Crippen LogP contribution in [0, 0.1) is 5.92 Å². The number of nitrogens with one attached hydrogen (secondary N) is 1. The Hall–Kier alpha value is -0.910. The van der Waals surface area contributed by atoms with Crippen LogP contribution in [0.15, 0.2) is 29.2 Å². The van der Waals surface area contributed by atoms with Crippen LogP contribution in [0.2, 0.25) is 0 Å². The molecular formula is C14H22N2O2S. The van der Waals surface area contributed by atoms with E-state index in [1.807, 2.05) is 12.1 Å². The Morgan fingerprint density at radius 2 is 1.84 bits per heavy atom. The highest BCUT2D eigenvalue weighted by atomic mass is 32.2. The minimum atomic E-state index is -3.35. The van der Waals surface area contributed by atoms with E-state index in [9.17, 15) is 8.42 Å². The van der Waals surface area contributed by atoms with Crippen molar-refractivity contribution >= 4 is 10.0 Å². The minimum absolute atomic E-state index is 0.0836. The lowest BCUT2D eigenvalue weighted by atomic mass is 10.0. The molecule has 0 unspecified atom stereocenters. The highest BCUT2D eigenvalue weighted by Crippen LogP contribution is 2.19. The topological polar surface area (TPSA) is 49.4 Å². The minimum Gasteiger partial charge on any atom is -0.313 e. The Labute approximate surface area is 115 Å². The van der Waals surface area contributed by atoms with Gasteiger partial charge in [-0.2, -0.15) is 4.31 Å². The van der Waals surface area contributed by atoms with Crippen molar-refractivity contribution in [1.82, 2.24) is 9.62 Å². The molecule has 0 radical (unpaired) electrons. The molecule has 1 N–H and O–H groups in total. The van der Waals surface area contributed by atoms with Gasteiger partial charge in [-0.15, -0.1) is 0 Å². The summed E-state index contributed by atoms with van der Waals surface area (Å²) >= 11 is 0. The van der Waals surface area contributed by atoms with Gasteiger partial charge in [0.2, 0.25) is 10.0 Å². The number of benzene rings is 1. The van der Waals surface area contributed by atoms with Crippen LogP contribution < -0.4 is 5.32 Å². The highest BCUT2D eigenvalue weighted by molar-refractivity contribution is 7.89. The standard InChI is InChI=1S/C14H22N2O2S/c1-11(2)8-12-4-6-14(7-5-12)19(17,18)16(3)13-9-15-10-13/h4-7,11,13,15H,8-10H2,1-3H3. The largest absolute Gasteiger partial charge is 0.313 e. The molecule has 0 saturated carbocycles. The van der Waals surface area contributed by atoms with Crippen molar-refractivity contribution in [2.24, 2.45) is 5.92 Å². The van der Waals surface area contributed by atoms with Gasteiger partial charge in [0, 0.05) is 26.2 Å². The molecule has 1 aliphatic heterocycles. The fraction of sp³-hybridized carbons (Fsp3) is 0.571. The third kappa shape index (κ3) is 3.16. The van der Waals surface area contributed by atoms with E-state index in [4.69, 9.17) is 0 Å². The zero-order valence-electron chi connectivity index (χ0n) is 11.8. The third-order valence-electron chi connectivity index (χ3n) is 3.52. The fourth-order valence-corrected chi connectivity index (χ4v) is 3.52. The number of rotatable bonds is 5. The molecule has 0 aliphatic carbocycles. The Balaban J connectivity index is 2.16. The molecule has 0 bridgehead atoms. The zero-order valence-corrected chi connectivity index (χ0v) is 12.6. The quantitative estimate of drug-likeness (QED) is 0.890. The van der Waals surface area contributed by atoms with Crippen molar-refractivity contribution < 1.29 is 8.42 Å². The first-order valence-corrected chi connectivity index (χ1v) is 8.13. The van der Waals surface area contributed by atoms with Gasteiger partial charge in [-0.3, -0.25) is 0 Å². The van der Waals surface area contributed by atoms with E-state index < -0.39 is 10.0 Å². The van der Waals surface area contributed by atoms with Crippen LogP contribution in [0.5, 0.6) is 0 Å². The number of hydrogen-bond donors (Lipinski definition) is 1. The monoisotopic (exact) mass is 282 g/mol. The summed E-state index contributed by atoms with van der Waals surface area (Å²) in [7, 11) is -1.70. The molecule has 1 aromatic carbocycles. The molecule has 1 saturated heterocycles. The Morgan fingerprint density at radius 3 is 2.26 bits per heavy atom.